The molecule has 6 heteroatoms. The van der Waals surface area contributed by atoms with Crippen LogP contribution in [0.2, 0.25) is 10.3 Å². The Morgan fingerprint density at radius 1 is 1.35 bits per heavy atom. The first-order chi connectivity index (χ1) is 8.06. The van der Waals surface area contributed by atoms with E-state index >= 15 is 0 Å². The van der Waals surface area contributed by atoms with Crippen LogP contribution in [0.15, 0.2) is 22.7 Å². The molecule has 2 rings (SSSR count). The Bertz CT molecular complexity index is 527. The van der Waals surface area contributed by atoms with Crippen molar-refractivity contribution in [3.63, 3.8) is 0 Å². The van der Waals surface area contributed by atoms with E-state index in [1.54, 1.807) is 0 Å². The van der Waals surface area contributed by atoms with Crippen molar-refractivity contribution in [1.82, 2.24) is 9.97 Å². The van der Waals surface area contributed by atoms with Gasteiger partial charge in [0.2, 0.25) is 5.28 Å². The number of aryl methyl sites for hydroxylation is 1. The molecule has 0 atom stereocenters. The largest absolute Gasteiger partial charge is 0.464 e. The van der Waals surface area contributed by atoms with Crippen molar-refractivity contribution >= 4 is 29.0 Å². The number of rotatable bonds is 3. The smallest absolute Gasteiger partial charge is 0.224 e. The van der Waals surface area contributed by atoms with E-state index in [1.165, 1.54) is 6.20 Å². The molecule has 2 heterocycles. The van der Waals surface area contributed by atoms with E-state index in [0.29, 0.717) is 17.4 Å². The zero-order chi connectivity index (χ0) is 12.4. The molecule has 0 aliphatic rings. The number of hydrogen-bond donors (Lipinski definition) is 0. The van der Waals surface area contributed by atoms with Gasteiger partial charge in [-0.1, -0.05) is 11.6 Å². The first kappa shape index (κ1) is 12.2. The average molecular weight is 272 g/mol. The van der Waals surface area contributed by atoms with Crippen LogP contribution < -0.4 is 4.90 Å². The van der Waals surface area contributed by atoms with Gasteiger partial charge in [-0.05, 0) is 30.7 Å². The van der Waals surface area contributed by atoms with Gasteiger partial charge in [0.15, 0.2) is 5.82 Å². The van der Waals surface area contributed by atoms with Crippen molar-refractivity contribution in [2.45, 2.75) is 13.5 Å². The number of hydrogen-bond acceptors (Lipinski definition) is 4. The Balaban J connectivity index is 2.19. The Labute approximate surface area is 109 Å². The molecule has 0 amide bonds. The highest BCUT2D eigenvalue weighted by molar-refractivity contribution is 6.33. The highest BCUT2D eigenvalue weighted by Gasteiger charge is 2.11. The maximum absolute atomic E-state index is 6.01. The molecule has 2 aromatic heterocycles. The van der Waals surface area contributed by atoms with Gasteiger partial charge in [-0.2, -0.15) is 4.98 Å². The lowest BCUT2D eigenvalue weighted by atomic mass is 10.4. The van der Waals surface area contributed by atoms with Crippen LogP contribution >= 0.6 is 23.2 Å². The maximum Gasteiger partial charge on any atom is 0.224 e. The van der Waals surface area contributed by atoms with Gasteiger partial charge in [-0.15, -0.1) is 0 Å². The molecule has 0 aliphatic heterocycles. The lowest BCUT2D eigenvalue weighted by Gasteiger charge is -2.17. The van der Waals surface area contributed by atoms with E-state index in [2.05, 4.69) is 9.97 Å². The summed E-state index contributed by atoms with van der Waals surface area (Å²) in [7, 11) is 1.86. The van der Waals surface area contributed by atoms with Crippen LogP contribution in [0.1, 0.15) is 11.5 Å². The van der Waals surface area contributed by atoms with Crippen molar-refractivity contribution in [1.29, 1.82) is 0 Å². The number of nitrogens with zero attached hydrogens (tertiary/aromatic N) is 3. The quantitative estimate of drug-likeness (QED) is 0.804. The summed E-state index contributed by atoms with van der Waals surface area (Å²) in [6.07, 6.45) is 1.48. The molecular formula is C11H11Cl2N3O. The lowest BCUT2D eigenvalue weighted by Crippen LogP contribution is -2.18. The van der Waals surface area contributed by atoms with E-state index < -0.39 is 0 Å². The second kappa shape index (κ2) is 4.94. The van der Waals surface area contributed by atoms with E-state index in [1.807, 2.05) is 31.0 Å². The highest BCUT2D eigenvalue weighted by Crippen LogP contribution is 2.24. The molecule has 2 aromatic rings. The van der Waals surface area contributed by atoms with Crippen molar-refractivity contribution in [2.75, 3.05) is 11.9 Å². The van der Waals surface area contributed by atoms with Crippen molar-refractivity contribution in [3.05, 3.63) is 40.2 Å². The van der Waals surface area contributed by atoms with Crippen LogP contribution in [-0.2, 0) is 6.54 Å². The summed E-state index contributed by atoms with van der Waals surface area (Å²) in [4.78, 5) is 9.74. The van der Waals surface area contributed by atoms with Crippen molar-refractivity contribution in [3.8, 4) is 0 Å². The molecule has 0 saturated carbocycles. The molecular weight excluding hydrogens is 261 g/mol. The summed E-state index contributed by atoms with van der Waals surface area (Å²) in [5.74, 6) is 2.30. The Morgan fingerprint density at radius 3 is 2.76 bits per heavy atom. The number of halogens is 2. The minimum absolute atomic E-state index is 0.173. The monoisotopic (exact) mass is 271 g/mol. The predicted octanol–water partition coefficient (Wildman–Crippen LogP) is 3.32. The Morgan fingerprint density at radius 2 is 2.12 bits per heavy atom. The van der Waals surface area contributed by atoms with Crippen LogP contribution in [0.4, 0.5) is 5.82 Å². The molecule has 0 spiro atoms. The van der Waals surface area contributed by atoms with Gasteiger partial charge in [-0.3, -0.25) is 0 Å². The zero-order valence-corrected chi connectivity index (χ0v) is 11.0. The molecule has 0 fully saturated rings. The van der Waals surface area contributed by atoms with Gasteiger partial charge in [-0.25, -0.2) is 4.98 Å². The van der Waals surface area contributed by atoms with Gasteiger partial charge < -0.3 is 9.32 Å². The Kier molecular flexibility index (Phi) is 3.54. The summed E-state index contributed by atoms with van der Waals surface area (Å²) < 4.78 is 5.48. The predicted molar refractivity (Wildman–Crippen MR) is 67.6 cm³/mol. The summed E-state index contributed by atoms with van der Waals surface area (Å²) in [6, 6.07) is 3.83. The van der Waals surface area contributed by atoms with Gasteiger partial charge in [0.05, 0.1) is 12.7 Å². The van der Waals surface area contributed by atoms with Crippen LogP contribution in [0, 0.1) is 6.92 Å². The summed E-state index contributed by atoms with van der Waals surface area (Å²) in [5, 5.41) is 0.632. The zero-order valence-electron chi connectivity index (χ0n) is 9.44. The molecule has 0 aliphatic carbocycles. The third kappa shape index (κ3) is 2.90. The Hall–Kier alpha value is -1.26. The van der Waals surface area contributed by atoms with Gasteiger partial charge in [0, 0.05) is 7.05 Å². The molecule has 4 nitrogen and oxygen atoms in total. The summed E-state index contributed by atoms with van der Waals surface area (Å²) in [5.41, 5.74) is 0. The molecule has 0 N–H and O–H groups in total. The normalized spacial score (nSPS) is 10.6. The molecule has 0 unspecified atom stereocenters. The fraction of sp³-hybridized carbons (Fsp3) is 0.273. The second-order valence-corrected chi connectivity index (χ2v) is 4.42. The van der Waals surface area contributed by atoms with Gasteiger partial charge >= 0.3 is 0 Å². The van der Waals surface area contributed by atoms with Crippen LogP contribution in [-0.4, -0.2) is 17.0 Å². The summed E-state index contributed by atoms with van der Waals surface area (Å²) >= 11 is 11.7. The van der Waals surface area contributed by atoms with Crippen molar-refractivity contribution in [2.24, 2.45) is 0 Å². The topological polar surface area (TPSA) is 42.2 Å². The number of aromatic nitrogens is 2. The van der Waals surface area contributed by atoms with Gasteiger partial charge in [0.1, 0.15) is 16.5 Å². The average Bonchev–Trinajstić information content (AvgIpc) is 2.67. The van der Waals surface area contributed by atoms with E-state index in [-0.39, 0.29) is 5.28 Å². The minimum Gasteiger partial charge on any atom is -0.464 e. The first-order valence-electron chi connectivity index (χ1n) is 5.01. The SMILES string of the molecule is Cc1ccc(CN(C)c2nc(Cl)ncc2Cl)o1. The van der Waals surface area contributed by atoms with E-state index in [0.717, 1.165) is 11.5 Å². The molecule has 0 radical (unpaired) electrons. The van der Waals surface area contributed by atoms with E-state index in [9.17, 15) is 0 Å². The lowest BCUT2D eigenvalue weighted by molar-refractivity contribution is 0.481. The fourth-order valence-electron chi connectivity index (χ4n) is 1.48. The third-order valence-electron chi connectivity index (χ3n) is 2.25. The minimum atomic E-state index is 0.173. The molecule has 0 bridgehead atoms. The molecule has 0 saturated heterocycles. The molecule has 90 valence electrons. The molecule has 0 aromatic carbocycles. The number of anilines is 1. The van der Waals surface area contributed by atoms with E-state index in [4.69, 9.17) is 27.6 Å². The maximum atomic E-state index is 6.01. The number of furan rings is 1. The van der Waals surface area contributed by atoms with Crippen LogP contribution in [0.3, 0.4) is 0 Å². The standard InChI is InChI=1S/C11H11Cl2N3O/c1-7-3-4-8(17-7)6-16(2)10-9(12)5-14-11(13)15-10/h3-5H,6H2,1-2H3. The fourth-order valence-corrected chi connectivity index (χ4v) is 1.85. The highest BCUT2D eigenvalue weighted by atomic mass is 35.5. The first-order valence-corrected chi connectivity index (χ1v) is 5.76. The van der Waals surface area contributed by atoms with Crippen LogP contribution in [0.25, 0.3) is 0 Å². The van der Waals surface area contributed by atoms with Gasteiger partial charge in [0.25, 0.3) is 0 Å². The van der Waals surface area contributed by atoms with Crippen molar-refractivity contribution < 1.29 is 4.42 Å². The summed E-state index contributed by atoms with van der Waals surface area (Å²) in [6.45, 7) is 2.47. The second-order valence-electron chi connectivity index (χ2n) is 3.68. The van der Waals surface area contributed by atoms with Crippen LogP contribution in [0.5, 0.6) is 0 Å². The molecule has 17 heavy (non-hydrogen) atoms. The third-order valence-corrected chi connectivity index (χ3v) is 2.70.